The van der Waals surface area contributed by atoms with Crippen molar-refractivity contribution in [3.05, 3.63) is 29.8 Å². The molecule has 2 amide bonds. The van der Waals surface area contributed by atoms with Crippen LogP contribution in [0.3, 0.4) is 0 Å². The predicted molar refractivity (Wildman–Crippen MR) is 110 cm³/mol. The maximum atomic E-state index is 12.8. The first kappa shape index (κ1) is 20.3. The second-order valence-corrected chi connectivity index (χ2v) is 8.17. The van der Waals surface area contributed by atoms with Gasteiger partial charge < -0.3 is 19.7 Å². The lowest BCUT2D eigenvalue weighted by molar-refractivity contribution is 0.0284. The van der Waals surface area contributed by atoms with E-state index < -0.39 is 0 Å². The van der Waals surface area contributed by atoms with Crippen molar-refractivity contribution < 1.29 is 14.3 Å². The van der Waals surface area contributed by atoms with Crippen LogP contribution in [0.2, 0.25) is 0 Å². The lowest BCUT2D eigenvalue weighted by Crippen LogP contribution is -2.53. The zero-order chi connectivity index (χ0) is 18.9. The largest absolute Gasteiger partial charge is 0.497 e. The number of benzene rings is 1. The van der Waals surface area contributed by atoms with Crippen molar-refractivity contribution in [2.24, 2.45) is 0 Å². The normalized spacial score (nSPS) is 21.5. The monoisotopic (exact) mass is 393 g/mol. The highest BCUT2D eigenvalue weighted by molar-refractivity contribution is 7.99. The van der Waals surface area contributed by atoms with E-state index >= 15 is 0 Å². The molecule has 0 unspecified atom stereocenters. The van der Waals surface area contributed by atoms with E-state index in [1.807, 2.05) is 23.9 Å². The number of nitrogens with one attached hydrogen (secondary N) is 1. The van der Waals surface area contributed by atoms with Crippen molar-refractivity contribution in [1.29, 1.82) is 0 Å². The minimum Gasteiger partial charge on any atom is -0.497 e. The maximum Gasteiger partial charge on any atom is 0.317 e. The van der Waals surface area contributed by atoms with E-state index in [9.17, 15) is 4.79 Å². The van der Waals surface area contributed by atoms with Gasteiger partial charge in [0.1, 0.15) is 5.75 Å². The number of amides is 2. The van der Waals surface area contributed by atoms with Crippen LogP contribution >= 0.6 is 11.8 Å². The van der Waals surface area contributed by atoms with E-state index in [0.29, 0.717) is 6.54 Å². The van der Waals surface area contributed by atoms with Gasteiger partial charge in [-0.1, -0.05) is 12.1 Å². The van der Waals surface area contributed by atoms with Gasteiger partial charge in [0.05, 0.1) is 26.4 Å². The second-order valence-electron chi connectivity index (χ2n) is 7.02. The molecule has 0 aliphatic carbocycles. The van der Waals surface area contributed by atoms with E-state index in [4.69, 9.17) is 9.47 Å². The number of methoxy groups -OCH3 is 1. The van der Waals surface area contributed by atoms with E-state index in [2.05, 4.69) is 27.2 Å². The summed E-state index contributed by atoms with van der Waals surface area (Å²) < 4.78 is 10.6. The Balaban J connectivity index is 1.49. The Morgan fingerprint density at radius 2 is 2.04 bits per heavy atom. The molecule has 0 spiro atoms. The molecule has 150 valence electrons. The zero-order valence-corrected chi connectivity index (χ0v) is 17.0. The summed E-state index contributed by atoms with van der Waals surface area (Å²) in [5, 5.41) is 3.13. The number of carbonyl (C=O) groups is 1. The Hall–Kier alpha value is -1.44. The van der Waals surface area contributed by atoms with Crippen molar-refractivity contribution in [1.82, 2.24) is 15.1 Å². The topological polar surface area (TPSA) is 54.0 Å². The Morgan fingerprint density at radius 1 is 1.26 bits per heavy atom. The van der Waals surface area contributed by atoms with E-state index in [1.165, 1.54) is 5.56 Å². The smallest absolute Gasteiger partial charge is 0.317 e. The molecule has 0 aromatic heterocycles. The van der Waals surface area contributed by atoms with Crippen LogP contribution in [-0.2, 0) is 11.2 Å². The zero-order valence-electron chi connectivity index (χ0n) is 16.2. The van der Waals surface area contributed by atoms with Crippen molar-refractivity contribution in [3.63, 3.8) is 0 Å². The van der Waals surface area contributed by atoms with E-state index in [1.54, 1.807) is 7.11 Å². The molecule has 3 rings (SSSR count). The van der Waals surface area contributed by atoms with Gasteiger partial charge in [-0.05, 0) is 36.3 Å². The fraction of sp³-hybridized carbons (Fsp3) is 0.650. The number of thioether (sulfide) groups is 1. The molecule has 2 aliphatic heterocycles. The maximum absolute atomic E-state index is 12.8. The van der Waals surface area contributed by atoms with Crippen molar-refractivity contribution in [2.75, 3.05) is 64.6 Å². The Labute approximate surface area is 166 Å². The van der Waals surface area contributed by atoms with Gasteiger partial charge in [-0.25, -0.2) is 4.79 Å². The van der Waals surface area contributed by atoms with Gasteiger partial charge in [-0.15, -0.1) is 0 Å². The van der Waals surface area contributed by atoms with Gasteiger partial charge in [-0.2, -0.15) is 11.8 Å². The summed E-state index contributed by atoms with van der Waals surface area (Å²) in [6.45, 7) is 5.97. The number of ether oxygens (including phenoxy) is 2. The van der Waals surface area contributed by atoms with Gasteiger partial charge in [0.25, 0.3) is 0 Å². The van der Waals surface area contributed by atoms with Crippen LogP contribution in [0, 0.1) is 0 Å². The first-order valence-corrected chi connectivity index (χ1v) is 11.0. The van der Waals surface area contributed by atoms with Crippen LogP contribution in [-0.4, -0.2) is 86.4 Å². The van der Waals surface area contributed by atoms with Gasteiger partial charge >= 0.3 is 6.03 Å². The lowest BCUT2D eigenvalue weighted by atomic mass is 10.1. The molecule has 0 bridgehead atoms. The highest BCUT2D eigenvalue weighted by Gasteiger charge is 2.27. The van der Waals surface area contributed by atoms with Crippen molar-refractivity contribution in [2.45, 2.75) is 18.9 Å². The highest BCUT2D eigenvalue weighted by Crippen LogP contribution is 2.18. The first-order valence-electron chi connectivity index (χ1n) is 9.81. The fourth-order valence-electron chi connectivity index (χ4n) is 3.54. The van der Waals surface area contributed by atoms with Gasteiger partial charge in [0, 0.05) is 38.5 Å². The lowest BCUT2D eigenvalue weighted by Gasteiger charge is -2.35. The number of hydrogen-bond acceptors (Lipinski definition) is 5. The third-order valence-corrected chi connectivity index (χ3v) is 6.32. The predicted octanol–water partition coefficient (Wildman–Crippen LogP) is 2.09. The molecule has 1 N–H and O–H groups in total. The van der Waals surface area contributed by atoms with Crippen molar-refractivity contribution >= 4 is 17.8 Å². The molecule has 7 heteroatoms. The molecule has 1 atom stereocenters. The molecule has 2 fully saturated rings. The summed E-state index contributed by atoms with van der Waals surface area (Å²) in [6.07, 6.45) is 1.89. The van der Waals surface area contributed by atoms with Crippen LogP contribution < -0.4 is 10.1 Å². The van der Waals surface area contributed by atoms with Gasteiger partial charge in [0.15, 0.2) is 0 Å². The van der Waals surface area contributed by atoms with Gasteiger partial charge in [-0.3, -0.25) is 4.90 Å². The summed E-state index contributed by atoms with van der Waals surface area (Å²) in [4.78, 5) is 17.3. The van der Waals surface area contributed by atoms with Gasteiger partial charge in [0.2, 0.25) is 0 Å². The number of rotatable bonds is 6. The molecule has 2 heterocycles. The quantitative estimate of drug-likeness (QED) is 0.802. The summed E-state index contributed by atoms with van der Waals surface area (Å²) in [5.74, 6) is 3.01. The Kier molecular flexibility index (Phi) is 8.10. The average Bonchev–Trinajstić information content (AvgIpc) is 2.95. The second kappa shape index (κ2) is 10.8. The minimum atomic E-state index is 0.0734. The third-order valence-electron chi connectivity index (χ3n) is 5.12. The summed E-state index contributed by atoms with van der Waals surface area (Å²) in [7, 11) is 1.67. The Morgan fingerprint density at radius 3 is 2.78 bits per heavy atom. The SMILES string of the molecule is COc1ccc(CCNC(=O)N2CCCSC[C@@H]2CN2CCOCC2)cc1. The standard InChI is InChI=1S/C20H31N3O3S/c1-25-19-5-3-17(4-6-19)7-8-21-20(24)23-9-2-14-27-16-18(23)15-22-10-12-26-13-11-22/h3-6,18H,2,7-16H2,1H3,(H,21,24)/t18-/m0/s1. The summed E-state index contributed by atoms with van der Waals surface area (Å²) >= 11 is 1.97. The Bertz CT molecular complexity index is 578. The molecule has 0 saturated carbocycles. The molecule has 0 radical (unpaired) electrons. The van der Waals surface area contributed by atoms with Crippen LogP contribution in [0.15, 0.2) is 24.3 Å². The number of carbonyl (C=O) groups excluding carboxylic acids is 1. The molecular weight excluding hydrogens is 362 g/mol. The fourth-order valence-corrected chi connectivity index (χ4v) is 4.59. The van der Waals surface area contributed by atoms with E-state index in [-0.39, 0.29) is 12.1 Å². The molecule has 6 nitrogen and oxygen atoms in total. The molecule has 27 heavy (non-hydrogen) atoms. The summed E-state index contributed by atoms with van der Waals surface area (Å²) in [6, 6.07) is 8.37. The number of morpholine rings is 1. The first-order chi connectivity index (χ1) is 13.3. The van der Waals surface area contributed by atoms with E-state index in [0.717, 1.165) is 69.5 Å². The van der Waals surface area contributed by atoms with Crippen LogP contribution in [0.1, 0.15) is 12.0 Å². The van der Waals surface area contributed by atoms with Crippen LogP contribution in [0.5, 0.6) is 5.75 Å². The molecule has 1 aromatic carbocycles. The molecular formula is C20H31N3O3S. The average molecular weight is 394 g/mol. The minimum absolute atomic E-state index is 0.0734. The number of hydrogen-bond donors (Lipinski definition) is 1. The molecule has 2 saturated heterocycles. The molecule has 1 aromatic rings. The third kappa shape index (κ3) is 6.30. The highest BCUT2D eigenvalue weighted by atomic mass is 32.2. The van der Waals surface area contributed by atoms with Crippen molar-refractivity contribution in [3.8, 4) is 5.75 Å². The van der Waals surface area contributed by atoms with Crippen LogP contribution in [0.4, 0.5) is 4.79 Å². The number of nitrogens with zero attached hydrogens (tertiary/aromatic N) is 2. The molecule has 2 aliphatic rings. The van der Waals surface area contributed by atoms with Crippen LogP contribution in [0.25, 0.3) is 0 Å². The number of urea groups is 1. The summed E-state index contributed by atoms with van der Waals surface area (Å²) in [5.41, 5.74) is 1.20.